The molecule has 4 rings (SSSR count). The average Bonchev–Trinajstić information content (AvgIpc) is 3.26. The molecule has 3 nitrogen and oxygen atoms in total. The Morgan fingerprint density at radius 3 is 2.31 bits per heavy atom. The van der Waals surface area contributed by atoms with E-state index in [4.69, 9.17) is 46.4 Å². The predicted octanol–water partition coefficient (Wildman–Crippen LogP) is 7.28. The quantitative estimate of drug-likeness (QED) is 0.319. The van der Waals surface area contributed by atoms with Gasteiger partial charge in [0.2, 0.25) is 11.8 Å². The summed E-state index contributed by atoms with van der Waals surface area (Å²) in [5.41, 5.74) is 0.842. The standard InChI is InChI=1S/C22H16Cl4F3NO2/c23-14-4-2-12(7-13(14)17(31)5-10-8-21(28,29)9-10)30-20(32)19-18(22(19,25)26)11-1-3-15(24)16(27)6-11/h1-4,6-7,10,18-19H,5,8-9H2,(H,30,32). The first-order valence-electron chi connectivity index (χ1n) is 9.73. The van der Waals surface area contributed by atoms with Gasteiger partial charge in [-0.25, -0.2) is 13.2 Å². The van der Waals surface area contributed by atoms with Crippen molar-refractivity contribution in [1.82, 2.24) is 0 Å². The van der Waals surface area contributed by atoms with Crippen molar-refractivity contribution in [2.45, 2.75) is 35.4 Å². The highest BCUT2D eigenvalue weighted by molar-refractivity contribution is 6.53. The maximum atomic E-state index is 13.8. The number of carbonyl (C=O) groups is 2. The SMILES string of the molecule is O=C(CC1CC(F)(F)C1)c1cc(NC(=O)C2C(c3ccc(Cl)c(F)c3)C2(Cl)Cl)ccc1Cl. The van der Waals surface area contributed by atoms with Crippen LogP contribution in [0.1, 0.15) is 41.1 Å². The smallest absolute Gasteiger partial charge is 0.248 e. The zero-order valence-corrected chi connectivity index (χ0v) is 19.3. The lowest BCUT2D eigenvalue weighted by molar-refractivity contribution is -0.117. The normalized spacial score (nSPS) is 23.3. The molecule has 2 unspecified atom stereocenters. The molecule has 2 aromatic rings. The maximum Gasteiger partial charge on any atom is 0.248 e. The minimum atomic E-state index is -2.71. The third kappa shape index (κ3) is 4.60. The van der Waals surface area contributed by atoms with Crippen LogP contribution in [0.5, 0.6) is 0 Å². The van der Waals surface area contributed by atoms with E-state index in [2.05, 4.69) is 5.32 Å². The summed E-state index contributed by atoms with van der Waals surface area (Å²) in [7, 11) is 0. The van der Waals surface area contributed by atoms with E-state index in [0.29, 0.717) is 5.56 Å². The Kier molecular flexibility index (Phi) is 6.21. The third-order valence-electron chi connectivity index (χ3n) is 5.82. The Morgan fingerprint density at radius 2 is 1.69 bits per heavy atom. The Morgan fingerprint density at radius 1 is 1.03 bits per heavy atom. The minimum absolute atomic E-state index is 0.0496. The second-order valence-electron chi connectivity index (χ2n) is 8.24. The Bertz CT molecular complexity index is 1100. The molecule has 2 saturated carbocycles. The van der Waals surface area contributed by atoms with Gasteiger partial charge in [-0.05, 0) is 41.8 Å². The molecule has 0 aliphatic heterocycles. The predicted molar refractivity (Wildman–Crippen MR) is 119 cm³/mol. The Hall–Kier alpha value is -1.47. The molecular formula is C22H16Cl4F3NO2. The van der Waals surface area contributed by atoms with Gasteiger partial charge in [-0.2, -0.15) is 0 Å². The third-order valence-corrected chi connectivity index (χ3v) is 7.40. The number of hydrogen-bond acceptors (Lipinski definition) is 2. The summed E-state index contributed by atoms with van der Waals surface area (Å²) in [6.45, 7) is 0. The molecule has 170 valence electrons. The summed E-state index contributed by atoms with van der Waals surface area (Å²) in [6, 6.07) is 8.42. The lowest BCUT2D eigenvalue weighted by Crippen LogP contribution is -2.36. The number of amides is 1. The molecule has 0 bridgehead atoms. The molecule has 2 aliphatic rings. The molecule has 2 aliphatic carbocycles. The van der Waals surface area contributed by atoms with Crippen LogP contribution >= 0.6 is 46.4 Å². The highest BCUT2D eigenvalue weighted by Crippen LogP contribution is 2.65. The number of ketones is 1. The van der Waals surface area contributed by atoms with Crippen LogP contribution in [0, 0.1) is 17.7 Å². The fraction of sp³-hybridized carbons (Fsp3) is 0.364. The molecule has 1 N–H and O–H groups in total. The largest absolute Gasteiger partial charge is 0.326 e. The van der Waals surface area contributed by atoms with E-state index in [1.54, 1.807) is 6.07 Å². The number of anilines is 1. The molecule has 0 heterocycles. The molecule has 0 aromatic heterocycles. The van der Waals surface area contributed by atoms with Crippen molar-refractivity contribution < 1.29 is 22.8 Å². The topological polar surface area (TPSA) is 46.2 Å². The summed E-state index contributed by atoms with van der Waals surface area (Å²) >= 11 is 24.4. The molecule has 2 aromatic carbocycles. The van der Waals surface area contributed by atoms with Crippen LogP contribution in [0.4, 0.5) is 18.9 Å². The first kappa shape index (κ1) is 23.7. The van der Waals surface area contributed by atoms with Crippen LogP contribution in [0.3, 0.4) is 0 Å². The van der Waals surface area contributed by atoms with E-state index >= 15 is 0 Å². The number of halogens is 7. The summed E-state index contributed by atoms with van der Waals surface area (Å²) in [5.74, 6) is -6.17. The Balaban J connectivity index is 1.46. The van der Waals surface area contributed by atoms with Gasteiger partial charge in [0.1, 0.15) is 10.2 Å². The number of alkyl halides is 4. The van der Waals surface area contributed by atoms with Gasteiger partial charge >= 0.3 is 0 Å². The van der Waals surface area contributed by atoms with Crippen LogP contribution in [0.15, 0.2) is 36.4 Å². The highest BCUT2D eigenvalue weighted by Gasteiger charge is 2.67. The number of carbonyl (C=O) groups excluding carboxylic acids is 2. The van der Waals surface area contributed by atoms with Crippen molar-refractivity contribution in [3.8, 4) is 0 Å². The summed E-state index contributed by atoms with van der Waals surface area (Å²) < 4.78 is 38.4. The lowest BCUT2D eigenvalue weighted by atomic mass is 9.77. The number of nitrogens with one attached hydrogen (secondary N) is 1. The Labute approximate surface area is 202 Å². The number of hydrogen-bond donors (Lipinski definition) is 1. The van der Waals surface area contributed by atoms with Gasteiger partial charge in [0.05, 0.1) is 16.0 Å². The van der Waals surface area contributed by atoms with E-state index in [0.717, 1.165) is 0 Å². The first-order valence-corrected chi connectivity index (χ1v) is 11.2. The fourth-order valence-corrected chi connectivity index (χ4v) is 5.28. The summed E-state index contributed by atoms with van der Waals surface area (Å²) in [5, 5.41) is 2.74. The molecule has 1 amide bonds. The van der Waals surface area contributed by atoms with Crippen LogP contribution in [-0.4, -0.2) is 21.9 Å². The molecule has 0 radical (unpaired) electrons. The van der Waals surface area contributed by atoms with Gasteiger partial charge < -0.3 is 5.32 Å². The van der Waals surface area contributed by atoms with Crippen molar-refractivity contribution in [2.24, 2.45) is 11.8 Å². The fourth-order valence-electron chi connectivity index (χ4n) is 4.11. The van der Waals surface area contributed by atoms with E-state index in [9.17, 15) is 22.8 Å². The van der Waals surface area contributed by atoms with Gasteiger partial charge in [-0.15, -0.1) is 23.2 Å². The summed E-state index contributed by atoms with van der Waals surface area (Å²) in [4.78, 5) is 25.3. The second-order valence-corrected chi connectivity index (χ2v) is 10.5. The minimum Gasteiger partial charge on any atom is -0.326 e. The molecule has 32 heavy (non-hydrogen) atoms. The number of benzene rings is 2. The second kappa shape index (κ2) is 8.39. The zero-order chi connectivity index (χ0) is 23.4. The first-order chi connectivity index (χ1) is 14.9. The van der Waals surface area contributed by atoms with Crippen molar-refractivity contribution in [3.63, 3.8) is 0 Å². The molecule has 2 fully saturated rings. The van der Waals surface area contributed by atoms with Crippen molar-refractivity contribution in [3.05, 3.63) is 63.4 Å². The molecular weight excluding hydrogens is 509 g/mol. The van der Waals surface area contributed by atoms with E-state index in [-0.39, 0.29) is 46.3 Å². The van der Waals surface area contributed by atoms with Crippen LogP contribution in [0.25, 0.3) is 0 Å². The van der Waals surface area contributed by atoms with Gasteiger partial charge in [-0.3, -0.25) is 9.59 Å². The summed E-state index contributed by atoms with van der Waals surface area (Å²) in [6.07, 6.45) is -0.699. The van der Waals surface area contributed by atoms with Gasteiger partial charge in [0.15, 0.2) is 5.78 Å². The van der Waals surface area contributed by atoms with Crippen LogP contribution in [0.2, 0.25) is 10.0 Å². The highest BCUT2D eigenvalue weighted by atomic mass is 35.5. The molecule has 2 atom stereocenters. The lowest BCUT2D eigenvalue weighted by Gasteiger charge is -2.34. The number of rotatable bonds is 6. The number of Topliss-reactive ketones (excluding diaryl/α,β-unsaturated/α-hetero) is 1. The molecule has 0 saturated heterocycles. The monoisotopic (exact) mass is 523 g/mol. The van der Waals surface area contributed by atoms with Crippen molar-refractivity contribution >= 4 is 63.8 Å². The maximum absolute atomic E-state index is 13.8. The van der Waals surface area contributed by atoms with Gasteiger partial charge in [0, 0.05) is 36.4 Å². The van der Waals surface area contributed by atoms with Crippen molar-refractivity contribution in [1.29, 1.82) is 0 Å². The zero-order valence-electron chi connectivity index (χ0n) is 16.3. The van der Waals surface area contributed by atoms with E-state index < -0.39 is 39.7 Å². The molecule has 0 spiro atoms. The average molecular weight is 525 g/mol. The van der Waals surface area contributed by atoms with Crippen LogP contribution < -0.4 is 5.32 Å². The molecule has 10 heteroatoms. The van der Waals surface area contributed by atoms with Gasteiger partial charge in [-0.1, -0.05) is 29.3 Å². The van der Waals surface area contributed by atoms with Crippen LogP contribution in [-0.2, 0) is 4.79 Å². The van der Waals surface area contributed by atoms with E-state index in [1.165, 1.54) is 30.3 Å². The van der Waals surface area contributed by atoms with E-state index in [1.807, 2.05) is 0 Å². The van der Waals surface area contributed by atoms with Gasteiger partial charge in [0.25, 0.3) is 0 Å². The van der Waals surface area contributed by atoms with Crippen molar-refractivity contribution in [2.75, 3.05) is 5.32 Å².